The van der Waals surface area contributed by atoms with E-state index in [1.807, 2.05) is 30.3 Å². The van der Waals surface area contributed by atoms with Crippen molar-refractivity contribution >= 4 is 23.3 Å². The number of para-hydroxylation sites is 1. The van der Waals surface area contributed by atoms with Gasteiger partial charge < -0.3 is 14.7 Å². The molecule has 0 atom stereocenters. The maximum absolute atomic E-state index is 13.5. The number of nitrogens with zero attached hydrogens (tertiary/aromatic N) is 2. The number of fused-ring (bicyclic) bond motifs is 1. The lowest BCUT2D eigenvalue weighted by Gasteiger charge is -2.32. The highest BCUT2D eigenvalue weighted by atomic mass is 16.5. The number of rotatable bonds is 16. The zero-order chi connectivity index (χ0) is 33.0. The van der Waals surface area contributed by atoms with Crippen molar-refractivity contribution in [1.29, 1.82) is 0 Å². The first kappa shape index (κ1) is 33.6. The predicted molar refractivity (Wildman–Crippen MR) is 191 cm³/mol. The van der Waals surface area contributed by atoms with Gasteiger partial charge in [0.25, 0.3) is 5.56 Å². The fourth-order valence-corrected chi connectivity index (χ4v) is 6.18. The molecule has 5 rings (SSSR count). The summed E-state index contributed by atoms with van der Waals surface area (Å²) in [5.74, 6) is -0.412. The van der Waals surface area contributed by atoms with Crippen LogP contribution in [0.15, 0.2) is 83.3 Å². The van der Waals surface area contributed by atoms with Crippen LogP contribution in [-0.4, -0.2) is 40.6 Å². The highest BCUT2D eigenvalue weighted by Gasteiger charge is 2.20. The van der Waals surface area contributed by atoms with Crippen LogP contribution in [0.2, 0.25) is 0 Å². The van der Waals surface area contributed by atoms with Crippen LogP contribution in [-0.2, 0) is 6.42 Å². The van der Waals surface area contributed by atoms with Crippen molar-refractivity contribution in [1.82, 2.24) is 9.78 Å². The van der Waals surface area contributed by atoms with E-state index in [1.54, 1.807) is 24.3 Å². The Labute approximate surface area is 278 Å². The molecule has 0 radical (unpaired) electrons. The van der Waals surface area contributed by atoms with Gasteiger partial charge in [0.1, 0.15) is 5.75 Å². The topological polar surface area (TPSA) is 87.6 Å². The van der Waals surface area contributed by atoms with Crippen LogP contribution < -0.4 is 15.2 Å². The number of carbonyl (C=O) groups is 1. The highest BCUT2D eigenvalue weighted by Crippen LogP contribution is 2.33. The normalized spacial score (nSPS) is 12.3. The molecule has 0 spiro atoms. The molecule has 2 heterocycles. The van der Waals surface area contributed by atoms with Gasteiger partial charge in [-0.1, -0.05) is 88.8 Å². The summed E-state index contributed by atoms with van der Waals surface area (Å²) in [4.78, 5) is 28.3. The molecular weight excluding hydrogens is 586 g/mol. The second-order valence-electron chi connectivity index (χ2n) is 12.3. The summed E-state index contributed by atoms with van der Waals surface area (Å²) in [5, 5.41) is 12.8. The fourth-order valence-electron chi connectivity index (χ4n) is 6.18. The number of carboxylic acid groups (broad SMARTS) is 1. The molecule has 0 unspecified atom stereocenters. The van der Waals surface area contributed by atoms with Crippen molar-refractivity contribution in [3.05, 3.63) is 117 Å². The molecule has 0 fully saturated rings. The molecule has 0 bridgehead atoms. The van der Waals surface area contributed by atoms with Gasteiger partial charge in [-0.15, -0.1) is 5.73 Å². The number of hydrogen-bond acceptors (Lipinski definition) is 4. The fraction of sp³-hybridized carbons (Fsp3) is 0.375. The minimum Gasteiger partial charge on any atom is -0.494 e. The van der Waals surface area contributed by atoms with E-state index in [1.165, 1.54) is 60.5 Å². The number of anilines is 1. The predicted octanol–water partition coefficient (Wildman–Crippen LogP) is 8.90. The molecular formula is C40H47N3O4. The molecule has 7 nitrogen and oxygen atoms in total. The molecule has 1 aliphatic rings. The van der Waals surface area contributed by atoms with Gasteiger partial charge in [0.15, 0.2) is 5.69 Å². The number of aromatic carboxylic acids is 1. The average molecular weight is 634 g/mol. The third-order valence-corrected chi connectivity index (χ3v) is 8.79. The lowest BCUT2D eigenvalue weighted by atomic mass is 9.93. The van der Waals surface area contributed by atoms with Crippen LogP contribution in [0.4, 0.5) is 5.69 Å². The van der Waals surface area contributed by atoms with Crippen molar-refractivity contribution in [2.75, 3.05) is 24.6 Å². The Morgan fingerprint density at radius 1 is 0.915 bits per heavy atom. The molecule has 2 N–H and O–H groups in total. The molecule has 47 heavy (non-hydrogen) atoms. The maximum Gasteiger partial charge on any atom is 0.354 e. The summed E-state index contributed by atoms with van der Waals surface area (Å²) in [6.07, 6.45) is 13.3. The molecule has 7 heteroatoms. The van der Waals surface area contributed by atoms with Crippen LogP contribution in [0.3, 0.4) is 0 Å². The molecule has 1 aromatic heterocycles. The maximum atomic E-state index is 13.5. The summed E-state index contributed by atoms with van der Waals surface area (Å²) in [7, 11) is 0. The summed E-state index contributed by atoms with van der Waals surface area (Å²) in [5.41, 5.74) is 8.58. The quantitative estimate of drug-likeness (QED) is 0.0951. The number of aryl methyl sites for hydroxylation is 1. The first-order valence-electron chi connectivity index (χ1n) is 17.2. The van der Waals surface area contributed by atoms with E-state index in [-0.39, 0.29) is 11.3 Å². The van der Waals surface area contributed by atoms with Gasteiger partial charge in [-0.3, -0.25) is 9.89 Å². The van der Waals surface area contributed by atoms with E-state index >= 15 is 0 Å². The van der Waals surface area contributed by atoms with Gasteiger partial charge in [-0.25, -0.2) is 9.48 Å². The lowest BCUT2D eigenvalue weighted by Crippen LogP contribution is -2.30. The van der Waals surface area contributed by atoms with Crippen molar-refractivity contribution in [2.24, 2.45) is 0 Å². The van der Waals surface area contributed by atoms with Crippen LogP contribution in [0.25, 0.3) is 17.3 Å². The Kier molecular flexibility index (Phi) is 12.0. The summed E-state index contributed by atoms with van der Waals surface area (Å²) in [6, 6.07) is 23.4. The van der Waals surface area contributed by atoms with E-state index in [0.717, 1.165) is 61.2 Å². The standard InChI is InChI=1S/C40H47N3O4/c1-3-5-7-8-9-13-26-42-27-14-15-32-29-31(20-25-37(32)42)35(30-18-21-34(22-19-30)47-28-6-4-2)23-24-36-38(40(45)46)41-43(39(36)44)33-16-11-10-12-17-33/h10-12,16-22,24-25,29,41H,3-9,13-15,26-28H2,1-2H3,(H,45,46). The Morgan fingerprint density at radius 2 is 1.64 bits per heavy atom. The molecule has 1 aliphatic heterocycles. The molecule has 4 aromatic rings. The molecule has 0 saturated heterocycles. The zero-order valence-corrected chi connectivity index (χ0v) is 27.8. The number of hydrogen-bond donors (Lipinski definition) is 2. The van der Waals surface area contributed by atoms with Gasteiger partial charge in [-0.2, -0.15) is 0 Å². The third kappa shape index (κ3) is 8.55. The first-order chi connectivity index (χ1) is 23.0. The smallest absolute Gasteiger partial charge is 0.354 e. The van der Waals surface area contributed by atoms with Gasteiger partial charge in [-0.05, 0) is 84.8 Å². The zero-order valence-electron chi connectivity index (χ0n) is 27.8. The van der Waals surface area contributed by atoms with Crippen molar-refractivity contribution in [2.45, 2.75) is 78.1 Å². The molecule has 0 aliphatic carbocycles. The summed E-state index contributed by atoms with van der Waals surface area (Å²) in [6.45, 7) is 7.19. The number of unbranched alkanes of at least 4 members (excludes halogenated alkanes) is 6. The summed E-state index contributed by atoms with van der Waals surface area (Å²) >= 11 is 0. The number of nitrogens with one attached hydrogen (secondary N) is 1. The Bertz CT molecular complexity index is 1740. The first-order valence-corrected chi connectivity index (χ1v) is 17.2. The van der Waals surface area contributed by atoms with E-state index < -0.39 is 11.5 Å². The molecule has 246 valence electrons. The van der Waals surface area contributed by atoms with E-state index in [2.05, 4.69) is 47.8 Å². The molecule has 3 aromatic carbocycles. The van der Waals surface area contributed by atoms with Crippen molar-refractivity contribution in [3.63, 3.8) is 0 Å². The lowest BCUT2D eigenvalue weighted by molar-refractivity contribution is 0.0689. The van der Waals surface area contributed by atoms with E-state index in [9.17, 15) is 14.7 Å². The molecule has 0 amide bonds. The second kappa shape index (κ2) is 16.7. The number of H-pyrrole nitrogens is 1. The van der Waals surface area contributed by atoms with Crippen LogP contribution in [0, 0.1) is 0 Å². The van der Waals surface area contributed by atoms with Crippen LogP contribution >= 0.6 is 0 Å². The van der Waals surface area contributed by atoms with Gasteiger partial charge >= 0.3 is 5.97 Å². The SMILES string of the molecule is CCCCCCCCN1CCCc2cc(C(=C=Cc3c(C(=O)O)[nH]n(-c4ccccc4)c3=O)c3ccc(OCCCC)cc3)ccc21. The van der Waals surface area contributed by atoms with Crippen molar-refractivity contribution < 1.29 is 14.6 Å². The van der Waals surface area contributed by atoms with Gasteiger partial charge in [0.05, 0.1) is 17.9 Å². The van der Waals surface area contributed by atoms with Gasteiger partial charge in [0, 0.05) is 24.4 Å². The largest absolute Gasteiger partial charge is 0.494 e. The van der Waals surface area contributed by atoms with Gasteiger partial charge in [0.2, 0.25) is 0 Å². The number of aromatic amines is 1. The van der Waals surface area contributed by atoms with E-state index in [0.29, 0.717) is 12.3 Å². The highest BCUT2D eigenvalue weighted by molar-refractivity contribution is 5.91. The Hall–Kier alpha value is -4.74. The monoisotopic (exact) mass is 633 g/mol. The van der Waals surface area contributed by atoms with Crippen molar-refractivity contribution in [3.8, 4) is 11.4 Å². The third-order valence-electron chi connectivity index (χ3n) is 8.79. The van der Waals surface area contributed by atoms with E-state index in [4.69, 9.17) is 4.74 Å². The Balaban J connectivity index is 1.52. The average Bonchev–Trinajstić information content (AvgIpc) is 3.43. The summed E-state index contributed by atoms with van der Waals surface area (Å²) < 4.78 is 7.17. The number of aromatic nitrogens is 2. The Morgan fingerprint density at radius 3 is 2.38 bits per heavy atom. The molecule has 0 saturated carbocycles. The number of ether oxygens (including phenoxy) is 1. The second-order valence-corrected chi connectivity index (χ2v) is 12.3. The minimum atomic E-state index is -1.21. The minimum absolute atomic E-state index is 0.0430. The number of benzene rings is 3. The number of carboxylic acids is 1. The van der Waals surface area contributed by atoms with Crippen LogP contribution in [0.1, 0.15) is 104 Å². The van der Waals surface area contributed by atoms with Crippen LogP contribution in [0.5, 0.6) is 5.75 Å².